The van der Waals surface area contributed by atoms with Crippen LogP contribution >= 0.6 is 11.6 Å². The van der Waals surface area contributed by atoms with Gasteiger partial charge in [0.15, 0.2) is 11.6 Å². The summed E-state index contributed by atoms with van der Waals surface area (Å²) in [6.45, 7) is 0.0578. The van der Waals surface area contributed by atoms with E-state index in [0.29, 0.717) is 0 Å². The largest absolute Gasteiger partial charge is 0.259 e. The smallest absolute Gasteiger partial charge is 0.246 e. The molecule has 2 rings (SSSR count). The number of halogens is 3. The maximum Gasteiger partial charge on any atom is 0.246 e. The lowest BCUT2D eigenvalue weighted by Gasteiger charge is -2.25. The van der Waals surface area contributed by atoms with Crippen LogP contribution in [0.4, 0.5) is 8.78 Å². The van der Waals surface area contributed by atoms with Crippen LogP contribution in [0.3, 0.4) is 0 Å². The molecule has 1 saturated heterocycles. The Kier molecular flexibility index (Phi) is 4.78. The van der Waals surface area contributed by atoms with Gasteiger partial charge in [-0.3, -0.25) is 4.21 Å². The van der Waals surface area contributed by atoms with Crippen molar-refractivity contribution in [2.75, 3.05) is 24.6 Å². The van der Waals surface area contributed by atoms with E-state index in [1.165, 1.54) is 0 Å². The van der Waals surface area contributed by atoms with Gasteiger partial charge in [0.2, 0.25) is 10.0 Å². The maximum atomic E-state index is 13.8. The van der Waals surface area contributed by atoms with Gasteiger partial charge < -0.3 is 0 Å². The van der Waals surface area contributed by atoms with Crippen LogP contribution < -0.4 is 0 Å². The van der Waals surface area contributed by atoms with Crippen LogP contribution in [0.25, 0.3) is 0 Å². The molecule has 20 heavy (non-hydrogen) atoms. The van der Waals surface area contributed by atoms with Crippen molar-refractivity contribution in [3.8, 4) is 0 Å². The van der Waals surface area contributed by atoms with Crippen molar-refractivity contribution in [2.45, 2.75) is 10.8 Å². The van der Waals surface area contributed by atoms with Gasteiger partial charge in [-0.1, -0.05) is 0 Å². The highest BCUT2D eigenvalue weighted by atomic mass is 35.5. The molecule has 0 unspecified atom stereocenters. The molecule has 0 atom stereocenters. The minimum Gasteiger partial charge on any atom is -0.259 e. The first-order valence-corrected chi connectivity index (χ1v) is 9.21. The highest BCUT2D eigenvalue weighted by Crippen LogP contribution is 2.24. The van der Waals surface area contributed by atoms with Crippen molar-refractivity contribution in [3.05, 3.63) is 29.3 Å². The number of hydrogen-bond acceptors (Lipinski definition) is 3. The quantitative estimate of drug-likeness (QED) is 0.781. The average molecular weight is 344 g/mol. The number of alkyl halides is 1. The Bertz CT molecular complexity index is 641. The van der Waals surface area contributed by atoms with Gasteiger partial charge in [0.05, 0.1) is 0 Å². The molecule has 0 bridgehead atoms. The molecular formula is C11H12ClF2NO3S2. The molecule has 0 radical (unpaired) electrons. The summed E-state index contributed by atoms with van der Waals surface area (Å²) in [4.78, 5) is -0.721. The summed E-state index contributed by atoms with van der Waals surface area (Å²) in [5.41, 5.74) is 0.185. The number of nitrogens with zero attached hydrogens (tertiary/aromatic N) is 1. The van der Waals surface area contributed by atoms with Crippen LogP contribution in [0.2, 0.25) is 0 Å². The van der Waals surface area contributed by atoms with Crippen molar-refractivity contribution in [1.82, 2.24) is 4.31 Å². The minimum atomic E-state index is -4.15. The first kappa shape index (κ1) is 15.8. The van der Waals surface area contributed by atoms with E-state index in [9.17, 15) is 21.4 Å². The monoisotopic (exact) mass is 343 g/mol. The van der Waals surface area contributed by atoms with E-state index in [2.05, 4.69) is 0 Å². The second-order valence-electron chi connectivity index (χ2n) is 4.28. The molecule has 0 aliphatic carbocycles. The lowest BCUT2D eigenvalue weighted by atomic mass is 10.2. The summed E-state index contributed by atoms with van der Waals surface area (Å²) in [6.07, 6.45) is 0. The molecular weight excluding hydrogens is 332 g/mol. The first-order valence-electron chi connectivity index (χ1n) is 5.75. The summed E-state index contributed by atoms with van der Waals surface area (Å²) < 4.78 is 64.1. The van der Waals surface area contributed by atoms with Crippen LogP contribution in [-0.2, 0) is 26.7 Å². The number of hydrogen-bond donors (Lipinski definition) is 0. The zero-order valence-electron chi connectivity index (χ0n) is 10.3. The Morgan fingerprint density at radius 2 is 1.85 bits per heavy atom. The van der Waals surface area contributed by atoms with E-state index in [0.717, 1.165) is 16.4 Å². The van der Waals surface area contributed by atoms with E-state index in [1.807, 2.05) is 0 Å². The second-order valence-corrected chi connectivity index (χ2v) is 8.15. The van der Waals surface area contributed by atoms with E-state index in [1.54, 1.807) is 0 Å². The Morgan fingerprint density at radius 3 is 2.40 bits per heavy atom. The Hall–Kier alpha value is -0.570. The van der Waals surface area contributed by atoms with Gasteiger partial charge in [-0.15, -0.1) is 11.6 Å². The normalized spacial score (nSPS) is 18.4. The molecule has 1 aromatic carbocycles. The molecule has 1 fully saturated rings. The summed E-state index contributed by atoms with van der Waals surface area (Å²) in [5, 5.41) is 0. The number of benzene rings is 1. The molecule has 0 N–H and O–H groups in total. The molecule has 1 aromatic rings. The third kappa shape index (κ3) is 3.03. The van der Waals surface area contributed by atoms with Crippen molar-refractivity contribution in [3.63, 3.8) is 0 Å². The van der Waals surface area contributed by atoms with Crippen LogP contribution in [0.15, 0.2) is 17.0 Å². The van der Waals surface area contributed by atoms with Crippen LogP contribution in [0.1, 0.15) is 5.56 Å². The van der Waals surface area contributed by atoms with E-state index >= 15 is 0 Å². The fraction of sp³-hybridized carbons (Fsp3) is 0.455. The Balaban J connectivity index is 2.44. The molecule has 0 spiro atoms. The van der Waals surface area contributed by atoms with Crippen molar-refractivity contribution in [1.29, 1.82) is 0 Å². The van der Waals surface area contributed by atoms with Crippen LogP contribution in [-0.4, -0.2) is 41.5 Å². The fourth-order valence-electron chi connectivity index (χ4n) is 1.88. The van der Waals surface area contributed by atoms with Gasteiger partial charge >= 0.3 is 0 Å². The zero-order chi connectivity index (χ0) is 14.9. The first-order chi connectivity index (χ1) is 9.36. The lowest BCUT2D eigenvalue weighted by molar-refractivity contribution is 0.427. The highest BCUT2D eigenvalue weighted by molar-refractivity contribution is 7.89. The maximum absolute atomic E-state index is 13.8. The SMILES string of the molecule is O=S1CCN(S(=O)(=O)c2cc(CCl)cc(F)c2F)CC1. The fourth-order valence-corrected chi connectivity index (χ4v) is 4.89. The number of sulfonamides is 1. The summed E-state index contributed by atoms with van der Waals surface area (Å²) in [6, 6.07) is 1.90. The molecule has 0 saturated carbocycles. The van der Waals surface area contributed by atoms with Gasteiger partial charge in [0.1, 0.15) is 4.90 Å². The lowest BCUT2D eigenvalue weighted by Crippen LogP contribution is -2.42. The molecule has 0 aromatic heterocycles. The summed E-state index contributed by atoms with van der Waals surface area (Å²) in [5.74, 6) is -2.39. The van der Waals surface area contributed by atoms with Gasteiger partial charge in [-0.25, -0.2) is 17.2 Å². The molecule has 4 nitrogen and oxygen atoms in total. The zero-order valence-corrected chi connectivity index (χ0v) is 12.7. The van der Waals surface area contributed by atoms with Gasteiger partial charge in [0, 0.05) is 41.3 Å². The summed E-state index contributed by atoms with van der Waals surface area (Å²) in [7, 11) is -5.21. The Labute approximate surface area is 123 Å². The Morgan fingerprint density at radius 1 is 1.25 bits per heavy atom. The van der Waals surface area contributed by atoms with Crippen molar-refractivity contribution >= 4 is 32.4 Å². The molecule has 1 aliphatic rings. The highest BCUT2D eigenvalue weighted by Gasteiger charge is 2.31. The van der Waals surface area contributed by atoms with E-state index in [-0.39, 0.29) is 36.0 Å². The molecule has 112 valence electrons. The minimum absolute atomic E-state index is 0.0289. The molecule has 0 amide bonds. The topological polar surface area (TPSA) is 54.5 Å². The predicted molar refractivity (Wildman–Crippen MR) is 72.6 cm³/mol. The van der Waals surface area contributed by atoms with Gasteiger partial charge in [0.25, 0.3) is 0 Å². The average Bonchev–Trinajstić information content (AvgIpc) is 2.42. The van der Waals surface area contributed by atoms with Crippen molar-refractivity contribution in [2.24, 2.45) is 0 Å². The van der Waals surface area contributed by atoms with Crippen LogP contribution in [0, 0.1) is 11.6 Å². The van der Waals surface area contributed by atoms with Gasteiger partial charge in [-0.2, -0.15) is 4.31 Å². The molecule has 9 heteroatoms. The number of rotatable bonds is 3. The third-order valence-corrected chi connectivity index (χ3v) is 6.45. The van der Waals surface area contributed by atoms with E-state index in [4.69, 9.17) is 11.6 Å². The van der Waals surface area contributed by atoms with Crippen molar-refractivity contribution < 1.29 is 21.4 Å². The standard InChI is InChI=1S/C11H12ClF2NO3S2/c12-7-8-5-9(13)11(14)10(6-8)20(17,18)15-1-3-19(16)4-2-15/h5-6H,1-4,7H2. The van der Waals surface area contributed by atoms with Crippen LogP contribution in [0.5, 0.6) is 0 Å². The molecule has 1 heterocycles. The third-order valence-electron chi connectivity index (χ3n) is 2.96. The molecule has 1 aliphatic heterocycles. The predicted octanol–water partition coefficient (Wildman–Crippen LogP) is 1.46. The second kappa shape index (κ2) is 6.05. The summed E-state index contributed by atoms with van der Waals surface area (Å²) >= 11 is 5.54. The van der Waals surface area contributed by atoms with E-state index < -0.39 is 37.4 Å². The van der Waals surface area contributed by atoms with Gasteiger partial charge in [-0.05, 0) is 17.7 Å².